The Morgan fingerprint density at radius 1 is 1.26 bits per heavy atom. The number of nitrogens with zero attached hydrogens (tertiary/aromatic N) is 3. The Kier molecular flexibility index (Phi) is 9.65. The van der Waals surface area contributed by atoms with Gasteiger partial charge in [0.15, 0.2) is 5.96 Å². The summed E-state index contributed by atoms with van der Waals surface area (Å²) < 4.78 is 1.99. The molecule has 148 valence electrons. The van der Waals surface area contributed by atoms with Gasteiger partial charge in [-0.05, 0) is 25.1 Å². The number of amides is 1. The average Bonchev–Trinajstić information content (AvgIpc) is 2.91. The molecule has 0 bridgehead atoms. The van der Waals surface area contributed by atoms with Gasteiger partial charge >= 0.3 is 0 Å². The van der Waals surface area contributed by atoms with Gasteiger partial charge in [0.25, 0.3) is 5.91 Å². The van der Waals surface area contributed by atoms with Crippen LogP contribution in [-0.2, 0) is 13.6 Å². The Morgan fingerprint density at radius 2 is 1.96 bits per heavy atom. The molecule has 1 heterocycles. The van der Waals surface area contributed by atoms with Gasteiger partial charge in [0.2, 0.25) is 0 Å². The van der Waals surface area contributed by atoms with E-state index < -0.39 is 0 Å². The van der Waals surface area contributed by atoms with Crippen molar-refractivity contribution in [3.63, 3.8) is 0 Å². The number of hydrogen-bond donors (Lipinski definition) is 2. The Labute approximate surface area is 183 Å². The molecule has 2 aromatic rings. The first kappa shape index (κ1) is 23.3. The smallest absolute Gasteiger partial charge is 0.251 e. The number of rotatable bonds is 6. The van der Waals surface area contributed by atoms with Gasteiger partial charge in [0.1, 0.15) is 0 Å². The number of aryl methyl sites for hydroxylation is 2. The number of hydrogen-bond acceptors (Lipinski definition) is 2. The third kappa shape index (κ3) is 7.06. The van der Waals surface area contributed by atoms with Crippen molar-refractivity contribution in [1.82, 2.24) is 20.1 Å². The van der Waals surface area contributed by atoms with E-state index in [-0.39, 0.29) is 29.9 Å². The van der Waals surface area contributed by atoms with Crippen LogP contribution >= 0.6 is 35.6 Å². The van der Waals surface area contributed by atoms with Crippen LogP contribution in [-0.4, -0.2) is 48.5 Å². The van der Waals surface area contributed by atoms with Gasteiger partial charge in [-0.1, -0.05) is 29.3 Å². The molecule has 1 aromatic carbocycles. The monoisotopic (exact) mass is 503 g/mol. The van der Waals surface area contributed by atoms with Crippen molar-refractivity contribution in [1.29, 1.82) is 0 Å². The maximum absolute atomic E-state index is 12.1. The molecule has 1 aromatic heterocycles. The van der Waals surface area contributed by atoms with Gasteiger partial charge < -0.3 is 20.1 Å². The molecular formula is C19H27ClIN5O. The molecule has 0 saturated heterocycles. The second-order valence-electron chi connectivity index (χ2n) is 6.22. The highest BCUT2D eigenvalue weighted by Crippen LogP contribution is 2.14. The number of carbonyl (C=O) groups is 1. The van der Waals surface area contributed by atoms with Gasteiger partial charge in [0.05, 0.1) is 11.6 Å². The predicted octanol–water partition coefficient (Wildman–Crippen LogP) is 3.04. The lowest BCUT2D eigenvalue weighted by Crippen LogP contribution is -2.42. The van der Waals surface area contributed by atoms with Crippen molar-refractivity contribution in [2.45, 2.75) is 13.5 Å². The molecule has 0 radical (unpaired) electrons. The van der Waals surface area contributed by atoms with Crippen molar-refractivity contribution in [3.8, 4) is 0 Å². The summed E-state index contributed by atoms with van der Waals surface area (Å²) in [5.74, 6) is 0.685. The van der Waals surface area contributed by atoms with E-state index in [1.807, 2.05) is 67.0 Å². The zero-order valence-electron chi connectivity index (χ0n) is 16.1. The fraction of sp³-hybridized carbons (Fsp3) is 0.368. The fourth-order valence-corrected chi connectivity index (χ4v) is 2.94. The Bertz CT molecular complexity index is 790. The van der Waals surface area contributed by atoms with Crippen LogP contribution in [0.5, 0.6) is 0 Å². The van der Waals surface area contributed by atoms with E-state index in [1.54, 1.807) is 7.05 Å². The first-order valence-electron chi connectivity index (χ1n) is 8.48. The molecular weight excluding hydrogens is 477 g/mol. The maximum atomic E-state index is 12.1. The van der Waals surface area contributed by atoms with Crippen molar-refractivity contribution >= 4 is 47.4 Å². The molecule has 27 heavy (non-hydrogen) atoms. The summed E-state index contributed by atoms with van der Waals surface area (Å²) in [4.78, 5) is 18.4. The van der Waals surface area contributed by atoms with Crippen LogP contribution in [0.25, 0.3) is 0 Å². The molecule has 8 heteroatoms. The number of guanidine groups is 1. The van der Waals surface area contributed by atoms with E-state index in [0.717, 1.165) is 22.2 Å². The fourth-order valence-electron chi connectivity index (χ4n) is 2.66. The molecule has 1 amide bonds. The lowest BCUT2D eigenvalue weighted by Gasteiger charge is -2.22. The standard InChI is InChI=1S/C19H26ClN5O.HI/c1-14-6-5-7-15(10-14)18(26)22-8-9-23-19(21-2)25(4)13-17-11-16(20)12-24(17)3;/h5-7,10-12H,8-9,13H2,1-4H3,(H,21,23)(H,22,26);1H. The lowest BCUT2D eigenvalue weighted by molar-refractivity contribution is 0.0954. The minimum absolute atomic E-state index is 0. The Balaban J connectivity index is 0.00000364. The number of nitrogens with one attached hydrogen (secondary N) is 2. The number of halogens is 2. The van der Waals surface area contributed by atoms with E-state index in [9.17, 15) is 4.79 Å². The molecule has 0 saturated carbocycles. The van der Waals surface area contributed by atoms with Crippen molar-refractivity contribution in [3.05, 3.63) is 58.4 Å². The topological polar surface area (TPSA) is 61.7 Å². The van der Waals surface area contributed by atoms with Crippen LogP contribution in [0.3, 0.4) is 0 Å². The molecule has 2 N–H and O–H groups in total. The third-order valence-corrected chi connectivity index (χ3v) is 4.23. The first-order chi connectivity index (χ1) is 12.4. The lowest BCUT2D eigenvalue weighted by atomic mass is 10.1. The molecule has 6 nitrogen and oxygen atoms in total. The summed E-state index contributed by atoms with van der Waals surface area (Å²) >= 11 is 6.03. The maximum Gasteiger partial charge on any atom is 0.251 e. The molecule has 0 spiro atoms. The summed E-state index contributed by atoms with van der Waals surface area (Å²) in [5, 5.41) is 6.88. The van der Waals surface area contributed by atoms with E-state index in [2.05, 4.69) is 15.6 Å². The van der Waals surface area contributed by atoms with E-state index >= 15 is 0 Å². The highest BCUT2D eigenvalue weighted by molar-refractivity contribution is 14.0. The molecule has 0 unspecified atom stereocenters. The number of carbonyl (C=O) groups excluding carboxylic acids is 1. The SMILES string of the molecule is CN=C(NCCNC(=O)c1cccc(C)c1)N(C)Cc1cc(Cl)cn1C.I. The van der Waals surface area contributed by atoms with Crippen LogP contribution in [0.1, 0.15) is 21.6 Å². The van der Waals surface area contributed by atoms with Crippen molar-refractivity contribution in [2.75, 3.05) is 27.2 Å². The van der Waals surface area contributed by atoms with Crippen LogP contribution in [0.2, 0.25) is 5.02 Å². The predicted molar refractivity (Wildman–Crippen MR) is 122 cm³/mol. The molecule has 2 rings (SSSR count). The molecule has 0 atom stereocenters. The summed E-state index contributed by atoms with van der Waals surface area (Å²) in [7, 11) is 5.66. The third-order valence-electron chi connectivity index (χ3n) is 4.02. The summed E-state index contributed by atoms with van der Waals surface area (Å²) in [6.07, 6.45) is 1.88. The van der Waals surface area contributed by atoms with E-state index in [4.69, 9.17) is 11.6 Å². The largest absolute Gasteiger partial charge is 0.354 e. The second-order valence-corrected chi connectivity index (χ2v) is 6.65. The van der Waals surface area contributed by atoms with Gasteiger partial charge in [0, 0.05) is 51.7 Å². The van der Waals surface area contributed by atoms with Crippen molar-refractivity contribution < 1.29 is 4.79 Å². The highest BCUT2D eigenvalue weighted by Gasteiger charge is 2.10. The van der Waals surface area contributed by atoms with Crippen LogP contribution in [0, 0.1) is 6.92 Å². The number of benzene rings is 1. The molecule has 0 aliphatic rings. The summed E-state index contributed by atoms with van der Waals surface area (Å²) in [6, 6.07) is 9.48. The number of aliphatic imine (C=N–C) groups is 1. The van der Waals surface area contributed by atoms with E-state index in [1.165, 1.54) is 0 Å². The number of aromatic nitrogens is 1. The van der Waals surface area contributed by atoms with Crippen LogP contribution < -0.4 is 10.6 Å². The zero-order chi connectivity index (χ0) is 19.1. The van der Waals surface area contributed by atoms with Gasteiger partial charge in [-0.25, -0.2) is 0 Å². The van der Waals surface area contributed by atoms with Gasteiger partial charge in [-0.3, -0.25) is 9.79 Å². The molecule has 0 fully saturated rings. The Morgan fingerprint density at radius 3 is 2.56 bits per heavy atom. The average molecular weight is 504 g/mol. The van der Waals surface area contributed by atoms with Crippen LogP contribution in [0.15, 0.2) is 41.5 Å². The zero-order valence-corrected chi connectivity index (χ0v) is 19.2. The quantitative estimate of drug-likeness (QED) is 0.276. The normalized spacial score (nSPS) is 10.9. The van der Waals surface area contributed by atoms with Crippen LogP contribution in [0.4, 0.5) is 0 Å². The second kappa shape index (κ2) is 11.2. The highest BCUT2D eigenvalue weighted by atomic mass is 127. The minimum Gasteiger partial charge on any atom is -0.354 e. The Hall–Kier alpha value is -1.74. The summed E-state index contributed by atoms with van der Waals surface area (Å²) in [5.41, 5.74) is 2.83. The van der Waals surface area contributed by atoms with Crippen molar-refractivity contribution in [2.24, 2.45) is 12.0 Å². The first-order valence-corrected chi connectivity index (χ1v) is 8.86. The minimum atomic E-state index is -0.0719. The van der Waals surface area contributed by atoms with Gasteiger partial charge in [-0.2, -0.15) is 0 Å². The molecule has 0 aliphatic heterocycles. The van der Waals surface area contributed by atoms with Gasteiger partial charge in [-0.15, -0.1) is 24.0 Å². The summed E-state index contributed by atoms with van der Waals surface area (Å²) in [6.45, 7) is 3.74. The molecule has 0 aliphatic carbocycles. The van der Waals surface area contributed by atoms with E-state index in [0.29, 0.717) is 25.2 Å².